The van der Waals surface area contributed by atoms with Crippen LogP contribution in [0.1, 0.15) is 65.7 Å². The number of rotatable bonds is 4. The van der Waals surface area contributed by atoms with Crippen LogP contribution in [0.3, 0.4) is 0 Å². The molecule has 1 aliphatic heterocycles. The van der Waals surface area contributed by atoms with Gasteiger partial charge in [0.25, 0.3) is 0 Å². The Morgan fingerprint density at radius 1 is 1.29 bits per heavy atom. The van der Waals surface area contributed by atoms with Crippen LogP contribution in [0.2, 0.25) is 0 Å². The van der Waals surface area contributed by atoms with E-state index in [2.05, 4.69) is 20.8 Å². The molecule has 5 heteroatoms. The molecule has 2 aliphatic carbocycles. The van der Waals surface area contributed by atoms with E-state index in [1.54, 1.807) is 0 Å². The molecule has 3 aliphatic rings. The lowest BCUT2D eigenvalue weighted by Gasteiger charge is -2.37. The third kappa shape index (κ3) is 1.92. The Morgan fingerprint density at radius 2 is 2.00 bits per heavy atom. The van der Waals surface area contributed by atoms with Crippen molar-refractivity contribution in [2.24, 2.45) is 16.7 Å². The molecule has 3 atom stereocenters. The molecule has 0 unspecified atom stereocenters. The molecule has 0 aromatic heterocycles. The van der Waals surface area contributed by atoms with Crippen LogP contribution in [0.5, 0.6) is 0 Å². The van der Waals surface area contributed by atoms with Crippen LogP contribution in [-0.4, -0.2) is 30.4 Å². The van der Waals surface area contributed by atoms with E-state index in [9.17, 15) is 13.2 Å². The normalized spacial score (nSPS) is 38.7. The second kappa shape index (κ2) is 4.71. The molecule has 0 radical (unpaired) electrons. The van der Waals surface area contributed by atoms with E-state index in [1.165, 1.54) is 4.31 Å². The van der Waals surface area contributed by atoms with Crippen LogP contribution in [-0.2, 0) is 14.8 Å². The van der Waals surface area contributed by atoms with Gasteiger partial charge in [-0.3, -0.25) is 4.79 Å². The van der Waals surface area contributed by atoms with E-state index in [-0.39, 0.29) is 28.5 Å². The summed E-state index contributed by atoms with van der Waals surface area (Å²) in [5.41, 5.74) is -0.139. The number of nitrogens with zero attached hydrogens (tertiary/aromatic N) is 1. The Balaban J connectivity index is 1.88. The van der Waals surface area contributed by atoms with Crippen molar-refractivity contribution in [2.45, 2.75) is 71.8 Å². The zero-order valence-electron chi connectivity index (χ0n) is 13.4. The first kappa shape index (κ1) is 15.3. The first-order chi connectivity index (χ1) is 9.76. The van der Waals surface area contributed by atoms with Crippen LogP contribution in [0.4, 0.5) is 0 Å². The van der Waals surface area contributed by atoms with Crippen molar-refractivity contribution < 1.29 is 13.2 Å². The number of unbranched alkanes of at least 4 members (excludes halogenated alkanes) is 2. The summed E-state index contributed by atoms with van der Waals surface area (Å²) in [5, 5.41) is 0. The molecule has 0 aromatic rings. The first-order valence-electron chi connectivity index (χ1n) is 8.31. The maximum atomic E-state index is 12.6. The van der Waals surface area contributed by atoms with Gasteiger partial charge in [-0.25, -0.2) is 12.7 Å². The summed E-state index contributed by atoms with van der Waals surface area (Å²) in [6.45, 7) is 6.51. The summed E-state index contributed by atoms with van der Waals surface area (Å²) in [6.07, 6.45) is 6.18. The predicted molar refractivity (Wildman–Crippen MR) is 82.1 cm³/mol. The fourth-order valence-electron chi connectivity index (χ4n) is 5.25. The summed E-state index contributed by atoms with van der Waals surface area (Å²) in [6, 6.07) is -0.0645. The molecule has 1 saturated heterocycles. The number of hydrogen-bond acceptors (Lipinski definition) is 3. The maximum absolute atomic E-state index is 12.6. The lowest BCUT2D eigenvalue weighted by Crippen LogP contribution is -2.44. The van der Waals surface area contributed by atoms with Gasteiger partial charge in [0.1, 0.15) is 0 Å². The molecule has 3 rings (SSSR count). The average molecular weight is 313 g/mol. The standard InChI is InChI=1S/C16H27NO3S/c1-4-5-6-7-14(18)17-13-10-12-8-9-16(13,15(12,2)3)11-21(17,19)20/h12-13H,4-11H2,1-3H3/t12-,13-,16-/m1/s1. The molecule has 2 saturated carbocycles. The van der Waals surface area contributed by atoms with E-state index in [1.807, 2.05) is 0 Å². The zero-order valence-corrected chi connectivity index (χ0v) is 14.2. The molecule has 1 heterocycles. The highest BCUT2D eigenvalue weighted by Crippen LogP contribution is 2.69. The summed E-state index contributed by atoms with van der Waals surface area (Å²) < 4.78 is 26.6. The van der Waals surface area contributed by atoms with E-state index >= 15 is 0 Å². The number of fused-ring (bicyclic) bond motifs is 1. The molecule has 4 nitrogen and oxygen atoms in total. The molecule has 120 valence electrons. The van der Waals surface area contributed by atoms with E-state index in [0.29, 0.717) is 12.3 Å². The average Bonchev–Trinajstić information content (AvgIpc) is 2.85. The maximum Gasteiger partial charge on any atom is 0.238 e. The van der Waals surface area contributed by atoms with Gasteiger partial charge in [0.15, 0.2) is 0 Å². The van der Waals surface area contributed by atoms with E-state index in [0.717, 1.165) is 38.5 Å². The highest BCUT2D eigenvalue weighted by Gasteiger charge is 2.72. The second-order valence-electron chi connectivity index (χ2n) is 7.77. The Kier molecular flexibility index (Phi) is 3.43. The SMILES string of the molecule is CCCCCC(=O)N1[C@@H]2C[C@H]3CC[C@]2(CS1(=O)=O)C3(C)C. The van der Waals surface area contributed by atoms with Crippen molar-refractivity contribution in [1.82, 2.24) is 4.31 Å². The van der Waals surface area contributed by atoms with Crippen molar-refractivity contribution in [2.75, 3.05) is 5.75 Å². The zero-order chi connectivity index (χ0) is 15.5. The molecular weight excluding hydrogens is 286 g/mol. The smallest absolute Gasteiger partial charge is 0.238 e. The second-order valence-corrected chi connectivity index (χ2v) is 9.61. The minimum absolute atomic E-state index is 0.0448. The van der Waals surface area contributed by atoms with Crippen molar-refractivity contribution in [3.63, 3.8) is 0 Å². The Morgan fingerprint density at radius 3 is 2.62 bits per heavy atom. The van der Waals surface area contributed by atoms with Gasteiger partial charge in [0.2, 0.25) is 15.9 Å². The number of sulfonamides is 1. The van der Waals surface area contributed by atoms with Gasteiger partial charge in [0.05, 0.1) is 11.8 Å². The van der Waals surface area contributed by atoms with Crippen molar-refractivity contribution in [1.29, 1.82) is 0 Å². The third-order valence-electron chi connectivity index (χ3n) is 6.65. The molecule has 0 aromatic carbocycles. The number of carbonyl (C=O) groups is 1. The topological polar surface area (TPSA) is 54.5 Å². The minimum atomic E-state index is -3.41. The number of amides is 1. The fourth-order valence-corrected chi connectivity index (χ4v) is 7.83. The van der Waals surface area contributed by atoms with Gasteiger partial charge in [0, 0.05) is 11.8 Å². The summed E-state index contributed by atoms with van der Waals surface area (Å²) >= 11 is 0. The highest BCUT2D eigenvalue weighted by molar-refractivity contribution is 7.90. The van der Waals surface area contributed by atoms with E-state index < -0.39 is 10.0 Å². The third-order valence-corrected chi connectivity index (χ3v) is 8.59. The summed E-state index contributed by atoms with van der Waals surface area (Å²) in [7, 11) is -3.41. The highest BCUT2D eigenvalue weighted by atomic mass is 32.2. The molecule has 3 fully saturated rings. The number of carbonyl (C=O) groups excluding carboxylic acids is 1. The molecular formula is C16H27NO3S. The van der Waals surface area contributed by atoms with Gasteiger partial charge >= 0.3 is 0 Å². The summed E-state index contributed by atoms with van der Waals surface area (Å²) in [4.78, 5) is 12.5. The van der Waals surface area contributed by atoms with Gasteiger partial charge in [-0.2, -0.15) is 0 Å². The lowest BCUT2D eigenvalue weighted by molar-refractivity contribution is -0.129. The lowest BCUT2D eigenvalue weighted by atomic mass is 9.69. The van der Waals surface area contributed by atoms with Gasteiger partial charge < -0.3 is 0 Å². The van der Waals surface area contributed by atoms with Crippen LogP contribution in [0, 0.1) is 16.7 Å². The molecule has 1 spiro atoms. The van der Waals surface area contributed by atoms with Gasteiger partial charge in [-0.1, -0.05) is 33.6 Å². The van der Waals surface area contributed by atoms with Crippen molar-refractivity contribution in [3.8, 4) is 0 Å². The Hall–Kier alpha value is -0.580. The summed E-state index contributed by atoms with van der Waals surface area (Å²) in [5.74, 6) is 0.603. The quantitative estimate of drug-likeness (QED) is 0.750. The Bertz CT molecular complexity index is 554. The van der Waals surface area contributed by atoms with Crippen LogP contribution >= 0.6 is 0 Å². The monoisotopic (exact) mass is 313 g/mol. The van der Waals surface area contributed by atoms with Crippen molar-refractivity contribution in [3.05, 3.63) is 0 Å². The Labute approximate surface area is 128 Å². The van der Waals surface area contributed by atoms with Crippen LogP contribution in [0.25, 0.3) is 0 Å². The van der Waals surface area contributed by atoms with Crippen molar-refractivity contribution >= 4 is 15.9 Å². The molecule has 1 amide bonds. The molecule has 0 N–H and O–H groups in total. The van der Waals surface area contributed by atoms with Crippen LogP contribution in [0.15, 0.2) is 0 Å². The minimum Gasteiger partial charge on any atom is -0.274 e. The van der Waals surface area contributed by atoms with Gasteiger partial charge in [-0.05, 0) is 37.0 Å². The molecule has 21 heavy (non-hydrogen) atoms. The van der Waals surface area contributed by atoms with Gasteiger partial charge in [-0.15, -0.1) is 0 Å². The number of hydrogen-bond donors (Lipinski definition) is 0. The largest absolute Gasteiger partial charge is 0.274 e. The fraction of sp³-hybridized carbons (Fsp3) is 0.938. The predicted octanol–water partition coefficient (Wildman–Crippen LogP) is 2.93. The molecule has 2 bridgehead atoms. The first-order valence-corrected chi connectivity index (χ1v) is 9.92. The van der Waals surface area contributed by atoms with E-state index in [4.69, 9.17) is 0 Å². The van der Waals surface area contributed by atoms with Crippen LogP contribution < -0.4 is 0 Å².